The van der Waals surface area contributed by atoms with E-state index in [0.717, 1.165) is 5.56 Å². The SMILES string of the molecule is C[C@@H](O)c1ccc(O)c(Br)c1. The van der Waals surface area contributed by atoms with Gasteiger partial charge in [-0.1, -0.05) is 6.07 Å². The highest BCUT2D eigenvalue weighted by Crippen LogP contribution is 2.26. The van der Waals surface area contributed by atoms with Gasteiger partial charge < -0.3 is 10.2 Å². The van der Waals surface area contributed by atoms with Crippen LogP contribution in [-0.4, -0.2) is 10.2 Å². The number of aromatic hydroxyl groups is 1. The first-order valence-corrected chi connectivity index (χ1v) is 4.07. The molecule has 2 N–H and O–H groups in total. The van der Waals surface area contributed by atoms with Crippen LogP contribution >= 0.6 is 15.9 Å². The monoisotopic (exact) mass is 216 g/mol. The van der Waals surface area contributed by atoms with Crippen LogP contribution in [0.1, 0.15) is 18.6 Å². The van der Waals surface area contributed by atoms with E-state index in [-0.39, 0.29) is 5.75 Å². The zero-order valence-electron chi connectivity index (χ0n) is 6.08. The molecule has 0 saturated carbocycles. The van der Waals surface area contributed by atoms with Gasteiger partial charge in [-0.3, -0.25) is 0 Å². The number of phenols is 1. The number of hydrogen-bond donors (Lipinski definition) is 2. The maximum Gasteiger partial charge on any atom is 0.129 e. The molecule has 0 unspecified atom stereocenters. The summed E-state index contributed by atoms with van der Waals surface area (Å²) in [5.41, 5.74) is 0.787. The Morgan fingerprint density at radius 1 is 1.45 bits per heavy atom. The van der Waals surface area contributed by atoms with E-state index in [1.165, 1.54) is 0 Å². The highest BCUT2D eigenvalue weighted by molar-refractivity contribution is 9.10. The quantitative estimate of drug-likeness (QED) is 0.756. The molecule has 0 saturated heterocycles. The number of aliphatic hydroxyl groups excluding tert-OH is 1. The lowest BCUT2D eigenvalue weighted by atomic mass is 10.1. The van der Waals surface area contributed by atoms with Crippen molar-refractivity contribution in [2.45, 2.75) is 13.0 Å². The van der Waals surface area contributed by atoms with E-state index in [2.05, 4.69) is 15.9 Å². The highest BCUT2D eigenvalue weighted by atomic mass is 79.9. The largest absolute Gasteiger partial charge is 0.507 e. The molecule has 0 fully saturated rings. The third-order valence-electron chi connectivity index (χ3n) is 1.45. The minimum absolute atomic E-state index is 0.189. The fraction of sp³-hybridized carbons (Fsp3) is 0.250. The van der Waals surface area contributed by atoms with Gasteiger partial charge in [0.2, 0.25) is 0 Å². The van der Waals surface area contributed by atoms with Crippen LogP contribution in [0.5, 0.6) is 5.75 Å². The first kappa shape index (κ1) is 8.56. The molecular weight excluding hydrogens is 208 g/mol. The molecular formula is C8H9BrO2. The number of rotatable bonds is 1. The molecule has 0 amide bonds. The maximum atomic E-state index is 9.14. The van der Waals surface area contributed by atoms with E-state index in [1.54, 1.807) is 25.1 Å². The number of halogens is 1. The molecule has 1 rings (SSSR count). The van der Waals surface area contributed by atoms with E-state index in [9.17, 15) is 0 Å². The molecule has 1 aromatic carbocycles. The highest BCUT2D eigenvalue weighted by Gasteiger charge is 2.03. The summed E-state index contributed by atoms with van der Waals surface area (Å²) < 4.78 is 0.607. The van der Waals surface area contributed by atoms with E-state index in [1.807, 2.05) is 0 Å². The standard InChI is InChI=1S/C8H9BrO2/c1-5(10)6-2-3-8(11)7(9)4-6/h2-5,10-11H,1H3/t5-/m1/s1. The Morgan fingerprint density at radius 3 is 2.55 bits per heavy atom. The first-order valence-electron chi connectivity index (χ1n) is 3.27. The molecule has 60 valence electrons. The van der Waals surface area contributed by atoms with Crippen molar-refractivity contribution in [2.75, 3.05) is 0 Å². The van der Waals surface area contributed by atoms with E-state index in [4.69, 9.17) is 10.2 Å². The van der Waals surface area contributed by atoms with Crippen LogP contribution in [-0.2, 0) is 0 Å². The van der Waals surface area contributed by atoms with Crippen molar-refractivity contribution in [3.63, 3.8) is 0 Å². The second kappa shape index (κ2) is 3.24. The van der Waals surface area contributed by atoms with Crippen molar-refractivity contribution >= 4 is 15.9 Å². The predicted octanol–water partition coefficient (Wildman–Crippen LogP) is 2.21. The van der Waals surface area contributed by atoms with Gasteiger partial charge >= 0.3 is 0 Å². The smallest absolute Gasteiger partial charge is 0.129 e. The summed E-state index contributed by atoms with van der Waals surface area (Å²) in [5.74, 6) is 0.189. The summed E-state index contributed by atoms with van der Waals surface area (Å²) >= 11 is 3.15. The zero-order chi connectivity index (χ0) is 8.43. The Morgan fingerprint density at radius 2 is 2.09 bits per heavy atom. The predicted molar refractivity (Wildman–Crippen MR) is 46.4 cm³/mol. The first-order chi connectivity index (χ1) is 5.11. The van der Waals surface area contributed by atoms with Crippen LogP contribution in [0, 0.1) is 0 Å². The van der Waals surface area contributed by atoms with Gasteiger partial charge in [-0.15, -0.1) is 0 Å². The van der Waals surface area contributed by atoms with Crippen LogP contribution in [0.15, 0.2) is 22.7 Å². The van der Waals surface area contributed by atoms with E-state index in [0.29, 0.717) is 4.47 Å². The average molecular weight is 217 g/mol. The lowest BCUT2D eigenvalue weighted by Crippen LogP contribution is -1.89. The van der Waals surface area contributed by atoms with Crippen LogP contribution < -0.4 is 0 Å². The second-order valence-electron chi connectivity index (χ2n) is 2.39. The fourth-order valence-electron chi connectivity index (χ4n) is 0.783. The molecule has 3 heteroatoms. The molecule has 0 radical (unpaired) electrons. The minimum Gasteiger partial charge on any atom is -0.507 e. The summed E-state index contributed by atoms with van der Waals surface area (Å²) in [6.45, 7) is 1.68. The molecule has 0 heterocycles. The van der Waals surface area contributed by atoms with Crippen molar-refractivity contribution < 1.29 is 10.2 Å². The van der Waals surface area contributed by atoms with E-state index < -0.39 is 6.10 Å². The minimum atomic E-state index is -0.494. The number of hydrogen-bond acceptors (Lipinski definition) is 2. The van der Waals surface area contributed by atoms with Crippen molar-refractivity contribution in [3.8, 4) is 5.75 Å². The topological polar surface area (TPSA) is 40.5 Å². The number of phenolic OH excluding ortho intramolecular Hbond substituents is 1. The molecule has 11 heavy (non-hydrogen) atoms. The average Bonchev–Trinajstić information content (AvgIpc) is 1.94. The Balaban J connectivity index is 3.05. The Bertz CT molecular complexity index is 258. The molecule has 0 bridgehead atoms. The van der Waals surface area contributed by atoms with Crippen molar-refractivity contribution in [1.29, 1.82) is 0 Å². The number of aliphatic hydroxyl groups is 1. The number of benzene rings is 1. The van der Waals surface area contributed by atoms with Gasteiger partial charge in [0.05, 0.1) is 10.6 Å². The molecule has 0 aromatic heterocycles. The van der Waals surface area contributed by atoms with Crippen LogP contribution in [0.4, 0.5) is 0 Å². The van der Waals surface area contributed by atoms with Gasteiger partial charge in [-0.25, -0.2) is 0 Å². The summed E-state index contributed by atoms with van der Waals surface area (Å²) in [7, 11) is 0. The molecule has 1 atom stereocenters. The van der Waals surface area contributed by atoms with Gasteiger partial charge in [0.15, 0.2) is 0 Å². The molecule has 0 aliphatic heterocycles. The van der Waals surface area contributed by atoms with Crippen molar-refractivity contribution in [1.82, 2.24) is 0 Å². The lowest BCUT2D eigenvalue weighted by Gasteiger charge is -2.04. The Kier molecular flexibility index (Phi) is 2.52. The van der Waals surface area contributed by atoms with Gasteiger partial charge in [-0.05, 0) is 40.5 Å². The summed E-state index contributed by atoms with van der Waals surface area (Å²) in [5, 5.41) is 18.2. The van der Waals surface area contributed by atoms with Crippen LogP contribution in [0.2, 0.25) is 0 Å². The second-order valence-corrected chi connectivity index (χ2v) is 3.24. The third-order valence-corrected chi connectivity index (χ3v) is 2.09. The molecule has 0 aliphatic rings. The van der Waals surface area contributed by atoms with Crippen LogP contribution in [0.25, 0.3) is 0 Å². The molecule has 0 aliphatic carbocycles. The maximum absolute atomic E-state index is 9.14. The molecule has 0 spiro atoms. The van der Waals surface area contributed by atoms with Gasteiger partial charge in [0.25, 0.3) is 0 Å². The van der Waals surface area contributed by atoms with Crippen molar-refractivity contribution in [2.24, 2.45) is 0 Å². The van der Waals surface area contributed by atoms with Crippen LogP contribution in [0.3, 0.4) is 0 Å². The van der Waals surface area contributed by atoms with Gasteiger partial charge in [0, 0.05) is 0 Å². The Hall–Kier alpha value is -0.540. The molecule has 2 nitrogen and oxygen atoms in total. The van der Waals surface area contributed by atoms with Gasteiger partial charge in [-0.2, -0.15) is 0 Å². The summed E-state index contributed by atoms with van der Waals surface area (Å²) in [6, 6.07) is 4.93. The van der Waals surface area contributed by atoms with E-state index >= 15 is 0 Å². The lowest BCUT2D eigenvalue weighted by molar-refractivity contribution is 0.199. The zero-order valence-corrected chi connectivity index (χ0v) is 7.67. The molecule has 1 aromatic rings. The van der Waals surface area contributed by atoms with Crippen molar-refractivity contribution in [3.05, 3.63) is 28.2 Å². The third kappa shape index (κ3) is 1.94. The normalized spacial score (nSPS) is 13.0. The fourth-order valence-corrected chi connectivity index (χ4v) is 1.18. The Labute approximate surface area is 73.6 Å². The summed E-state index contributed by atoms with van der Waals surface area (Å²) in [6.07, 6.45) is -0.494. The van der Waals surface area contributed by atoms with Gasteiger partial charge in [0.1, 0.15) is 5.75 Å². The summed E-state index contributed by atoms with van der Waals surface area (Å²) in [4.78, 5) is 0.